The number of phenols is 1. The van der Waals surface area contributed by atoms with Crippen molar-refractivity contribution in [3.63, 3.8) is 0 Å². The van der Waals surface area contributed by atoms with E-state index in [2.05, 4.69) is 83.3 Å². The number of rotatable bonds is 4. The highest BCUT2D eigenvalue weighted by atomic mass is 16.3. The van der Waals surface area contributed by atoms with Crippen LogP contribution in [0.15, 0.2) is 60.7 Å². The third-order valence-electron chi connectivity index (χ3n) is 5.41. The van der Waals surface area contributed by atoms with Gasteiger partial charge in [-0.15, -0.1) is 0 Å². The number of nitrogens with two attached hydrogens (primary N) is 1. The zero-order valence-corrected chi connectivity index (χ0v) is 19.0. The molecule has 3 aromatic rings. The van der Waals surface area contributed by atoms with E-state index in [0.29, 0.717) is 12.3 Å². The maximum atomic E-state index is 10.9. The van der Waals surface area contributed by atoms with E-state index in [1.165, 1.54) is 5.56 Å². The number of hydrogen-bond acceptors (Lipinski definition) is 3. The van der Waals surface area contributed by atoms with E-state index in [1.54, 1.807) is 0 Å². The number of benzene rings is 3. The molecule has 0 fully saturated rings. The molecule has 0 bridgehead atoms. The third-order valence-corrected chi connectivity index (χ3v) is 5.41. The molecular formula is C27H34N2O. The quantitative estimate of drug-likeness (QED) is 0.418. The Morgan fingerprint density at radius 3 is 1.60 bits per heavy atom. The van der Waals surface area contributed by atoms with Gasteiger partial charge in [-0.3, -0.25) is 0 Å². The molecule has 0 atom stereocenters. The van der Waals surface area contributed by atoms with Gasteiger partial charge in [-0.2, -0.15) is 0 Å². The van der Waals surface area contributed by atoms with Gasteiger partial charge in [0.05, 0.1) is 0 Å². The Balaban J connectivity index is 1.82. The van der Waals surface area contributed by atoms with Gasteiger partial charge >= 0.3 is 0 Å². The second-order valence-electron chi connectivity index (χ2n) is 10.1. The summed E-state index contributed by atoms with van der Waals surface area (Å²) in [6.45, 7) is 13.5. The molecule has 3 rings (SSSR count). The van der Waals surface area contributed by atoms with Gasteiger partial charge < -0.3 is 16.2 Å². The summed E-state index contributed by atoms with van der Waals surface area (Å²) in [7, 11) is 0. The molecule has 0 aliphatic heterocycles. The molecule has 0 aliphatic carbocycles. The van der Waals surface area contributed by atoms with Crippen molar-refractivity contribution in [2.75, 3.05) is 11.1 Å². The van der Waals surface area contributed by atoms with E-state index in [4.69, 9.17) is 5.73 Å². The second-order valence-corrected chi connectivity index (χ2v) is 10.1. The van der Waals surface area contributed by atoms with E-state index < -0.39 is 0 Å². The largest absolute Gasteiger partial charge is 0.507 e. The van der Waals surface area contributed by atoms with Crippen LogP contribution in [0.5, 0.6) is 5.75 Å². The van der Waals surface area contributed by atoms with Crippen LogP contribution in [0, 0.1) is 0 Å². The maximum absolute atomic E-state index is 10.9. The van der Waals surface area contributed by atoms with Crippen LogP contribution in [0.4, 0.5) is 11.4 Å². The normalized spacial score (nSPS) is 12.1. The first-order valence-electron chi connectivity index (χ1n) is 10.5. The summed E-state index contributed by atoms with van der Waals surface area (Å²) in [6.07, 6.45) is 0. The van der Waals surface area contributed by atoms with Gasteiger partial charge in [-0.25, -0.2) is 0 Å². The minimum atomic E-state index is -0.124. The number of nitrogen functional groups attached to an aromatic ring is 1. The van der Waals surface area contributed by atoms with Crippen LogP contribution < -0.4 is 11.1 Å². The van der Waals surface area contributed by atoms with Crippen molar-refractivity contribution in [2.24, 2.45) is 0 Å². The highest BCUT2D eigenvalue weighted by Crippen LogP contribution is 2.40. The summed E-state index contributed by atoms with van der Waals surface area (Å²) in [4.78, 5) is 0. The Hall–Kier alpha value is -2.94. The van der Waals surface area contributed by atoms with Gasteiger partial charge in [0, 0.05) is 17.9 Å². The molecule has 0 heterocycles. The Morgan fingerprint density at radius 1 is 0.733 bits per heavy atom. The highest BCUT2D eigenvalue weighted by Gasteiger charge is 2.26. The molecule has 0 aliphatic rings. The zero-order valence-electron chi connectivity index (χ0n) is 19.0. The standard InChI is InChI=1S/C27H34N2O/c1-26(2,3)23-15-18(16-24(25(23)30)27(4,5)6)17-29-22-13-9-20(10-14-22)19-7-11-21(28)12-8-19/h7-16,29-30H,17,28H2,1-6H3. The van der Waals surface area contributed by atoms with E-state index in [9.17, 15) is 5.11 Å². The average molecular weight is 403 g/mol. The summed E-state index contributed by atoms with van der Waals surface area (Å²) in [5, 5.41) is 14.4. The maximum Gasteiger partial charge on any atom is 0.123 e. The smallest absolute Gasteiger partial charge is 0.123 e. The number of nitrogens with one attached hydrogen (secondary N) is 1. The minimum absolute atomic E-state index is 0.124. The number of aromatic hydroxyl groups is 1. The summed E-state index contributed by atoms with van der Waals surface area (Å²) in [5.41, 5.74) is 12.8. The average Bonchev–Trinajstić information content (AvgIpc) is 2.66. The van der Waals surface area contributed by atoms with Crippen molar-refractivity contribution < 1.29 is 5.11 Å². The van der Waals surface area contributed by atoms with Crippen molar-refractivity contribution in [3.8, 4) is 16.9 Å². The molecule has 0 radical (unpaired) electrons. The van der Waals surface area contributed by atoms with Crippen LogP contribution in [-0.4, -0.2) is 5.11 Å². The van der Waals surface area contributed by atoms with Crippen LogP contribution in [0.25, 0.3) is 11.1 Å². The highest BCUT2D eigenvalue weighted by molar-refractivity contribution is 5.67. The van der Waals surface area contributed by atoms with Crippen molar-refractivity contribution in [1.82, 2.24) is 0 Å². The fourth-order valence-electron chi connectivity index (χ4n) is 3.60. The second kappa shape index (κ2) is 8.06. The van der Waals surface area contributed by atoms with Crippen LogP contribution in [0.2, 0.25) is 0 Å². The number of anilines is 2. The van der Waals surface area contributed by atoms with Crippen LogP contribution in [0.3, 0.4) is 0 Å². The number of phenolic OH excluding ortho intramolecular Hbond substituents is 1. The topological polar surface area (TPSA) is 58.3 Å². The van der Waals surface area contributed by atoms with Gasteiger partial charge in [0.2, 0.25) is 0 Å². The molecule has 0 amide bonds. The van der Waals surface area contributed by atoms with Crippen LogP contribution >= 0.6 is 0 Å². The summed E-state index contributed by atoms with van der Waals surface area (Å²) in [5.74, 6) is 0.423. The lowest BCUT2D eigenvalue weighted by molar-refractivity contribution is 0.423. The lowest BCUT2D eigenvalue weighted by atomic mass is 9.78. The predicted molar refractivity (Wildman–Crippen MR) is 129 cm³/mol. The molecule has 4 N–H and O–H groups in total. The van der Waals surface area contributed by atoms with Crippen molar-refractivity contribution in [2.45, 2.75) is 58.9 Å². The molecule has 0 saturated carbocycles. The Kier molecular flexibility index (Phi) is 5.85. The SMILES string of the molecule is CC(C)(C)c1cc(CNc2ccc(-c3ccc(N)cc3)cc2)cc(C(C)(C)C)c1O. The number of hydrogen-bond donors (Lipinski definition) is 3. The summed E-state index contributed by atoms with van der Waals surface area (Å²) in [6, 6.07) is 20.6. The van der Waals surface area contributed by atoms with Gasteiger partial charge in [0.15, 0.2) is 0 Å². The lowest BCUT2D eigenvalue weighted by Crippen LogP contribution is -2.18. The van der Waals surface area contributed by atoms with E-state index in [-0.39, 0.29) is 10.8 Å². The first kappa shape index (κ1) is 21.8. The van der Waals surface area contributed by atoms with Gasteiger partial charge in [-0.1, -0.05) is 65.8 Å². The Labute approximate surface area is 181 Å². The molecule has 0 aromatic heterocycles. The van der Waals surface area contributed by atoms with Crippen molar-refractivity contribution in [3.05, 3.63) is 77.4 Å². The third kappa shape index (κ3) is 4.96. The molecule has 158 valence electrons. The van der Waals surface area contributed by atoms with Crippen LogP contribution in [-0.2, 0) is 17.4 Å². The predicted octanol–water partition coefficient (Wildman–Crippen LogP) is 6.85. The molecule has 0 spiro atoms. The van der Waals surface area contributed by atoms with E-state index in [0.717, 1.165) is 33.6 Å². The van der Waals surface area contributed by atoms with Gasteiger partial charge in [0.25, 0.3) is 0 Å². The fourth-order valence-corrected chi connectivity index (χ4v) is 3.60. The lowest BCUT2D eigenvalue weighted by Gasteiger charge is -2.28. The first-order valence-corrected chi connectivity index (χ1v) is 10.5. The van der Waals surface area contributed by atoms with Crippen LogP contribution in [0.1, 0.15) is 58.2 Å². The van der Waals surface area contributed by atoms with E-state index >= 15 is 0 Å². The summed E-state index contributed by atoms with van der Waals surface area (Å²) < 4.78 is 0. The van der Waals surface area contributed by atoms with E-state index in [1.807, 2.05) is 24.3 Å². The molecular weight excluding hydrogens is 368 g/mol. The molecule has 0 saturated heterocycles. The Bertz CT molecular complexity index is 970. The fraction of sp³-hybridized carbons (Fsp3) is 0.333. The monoisotopic (exact) mass is 402 g/mol. The zero-order chi connectivity index (χ0) is 22.1. The van der Waals surface area contributed by atoms with Gasteiger partial charge in [0.1, 0.15) is 5.75 Å². The molecule has 30 heavy (non-hydrogen) atoms. The minimum Gasteiger partial charge on any atom is -0.507 e. The Morgan fingerprint density at radius 2 is 1.17 bits per heavy atom. The molecule has 3 nitrogen and oxygen atoms in total. The molecule has 0 unspecified atom stereocenters. The van der Waals surface area contributed by atoms with Gasteiger partial charge in [-0.05, 0) is 75.0 Å². The van der Waals surface area contributed by atoms with Crippen molar-refractivity contribution in [1.29, 1.82) is 0 Å². The molecule has 3 heteroatoms. The molecule has 3 aromatic carbocycles. The first-order chi connectivity index (χ1) is 13.9. The van der Waals surface area contributed by atoms with Crippen molar-refractivity contribution >= 4 is 11.4 Å². The summed E-state index contributed by atoms with van der Waals surface area (Å²) >= 11 is 0.